The van der Waals surface area contributed by atoms with Gasteiger partial charge in [-0.05, 0) is 41.5 Å². The van der Waals surface area contributed by atoms with Gasteiger partial charge in [-0.2, -0.15) is 0 Å². The average Bonchev–Trinajstić information content (AvgIpc) is 3.14. The monoisotopic (exact) mass is 466 g/mol. The highest BCUT2D eigenvalue weighted by molar-refractivity contribution is 5.82. The number of ether oxygens (including phenoxy) is 1. The molecule has 3 rings (SSSR count). The summed E-state index contributed by atoms with van der Waals surface area (Å²) in [6.45, 7) is 7.50. The highest BCUT2D eigenvalue weighted by Crippen LogP contribution is 2.44. The van der Waals surface area contributed by atoms with Gasteiger partial charge in [0, 0.05) is 19.0 Å². The van der Waals surface area contributed by atoms with Crippen LogP contribution in [0.1, 0.15) is 51.2 Å². The minimum atomic E-state index is -1.03. The van der Waals surface area contributed by atoms with E-state index in [1.54, 1.807) is 13.8 Å². The molecule has 2 atom stereocenters. The Morgan fingerprint density at radius 1 is 1.00 bits per heavy atom. The molecule has 7 nitrogen and oxygen atoms in total. The van der Waals surface area contributed by atoms with Crippen LogP contribution in [0.2, 0.25) is 0 Å². The lowest BCUT2D eigenvalue weighted by molar-refractivity contribution is -0.148. The van der Waals surface area contributed by atoms with E-state index in [1.807, 2.05) is 38.1 Å². The number of hydrogen-bond donors (Lipinski definition) is 3. The summed E-state index contributed by atoms with van der Waals surface area (Å²) in [7, 11) is 0. The maximum atomic E-state index is 12.7. The van der Waals surface area contributed by atoms with E-state index < -0.39 is 23.4 Å². The number of carbonyl (C=O) groups excluding carboxylic acids is 2. The van der Waals surface area contributed by atoms with Gasteiger partial charge in [0.05, 0.1) is 11.3 Å². The highest BCUT2D eigenvalue weighted by atomic mass is 16.5. The number of rotatable bonds is 10. The van der Waals surface area contributed by atoms with E-state index in [-0.39, 0.29) is 37.4 Å². The molecular formula is C27H34N2O5. The first-order valence-corrected chi connectivity index (χ1v) is 11.8. The molecule has 7 heteroatoms. The molecule has 34 heavy (non-hydrogen) atoms. The van der Waals surface area contributed by atoms with Crippen molar-refractivity contribution in [1.29, 1.82) is 0 Å². The summed E-state index contributed by atoms with van der Waals surface area (Å²) >= 11 is 0. The minimum absolute atomic E-state index is 0.0336. The van der Waals surface area contributed by atoms with E-state index in [4.69, 9.17) is 4.74 Å². The molecule has 0 aromatic heterocycles. The predicted octanol–water partition coefficient (Wildman–Crippen LogP) is 4.41. The normalized spacial score (nSPS) is 15.1. The fourth-order valence-electron chi connectivity index (χ4n) is 4.24. The highest BCUT2D eigenvalue weighted by Gasteiger charge is 2.33. The van der Waals surface area contributed by atoms with E-state index in [1.165, 1.54) is 0 Å². The number of benzene rings is 2. The second-order valence-electron chi connectivity index (χ2n) is 9.49. The van der Waals surface area contributed by atoms with Gasteiger partial charge in [-0.15, -0.1) is 0 Å². The predicted molar refractivity (Wildman–Crippen MR) is 130 cm³/mol. The number of hydrogen-bond acceptors (Lipinski definition) is 4. The molecule has 0 spiro atoms. The first-order valence-electron chi connectivity index (χ1n) is 11.8. The third-order valence-electron chi connectivity index (χ3n) is 6.90. The van der Waals surface area contributed by atoms with Gasteiger partial charge in [-0.3, -0.25) is 9.59 Å². The molecule has 0 radical (unpaired) electrons. The summed E-state index contributed by atoms with van der Waals surface area (Å²) in [4.78, 5) is 36.7. The van der Waals surface area contributed by atoms with Crippen LogP contribution in [0.15, 0.2) is 48.5 Å². The maximum absolute atomic E-state index is 12.7. The molecule has 0 fully saturated rings. The number of carbonyl (C=O) groups is 3. The molecule has 1 aliphatic carbocycles. The Labute approximate surface area is 200 Å². The molecule has 2 amide bonds. The van der Waals surface area contributed by atoms with Crippen LogP contribution in [-0.2, 0) is 14.3 Å². The minimum Gasteiger partial charge on any atom is -0.481 e. The molecular weight excluding hydrogens is 432 g/mol. The number of amides is 2. The summed E-state index contributed by atoms with van der Waals surface area (Å²) in [5.41, 5.74) is 3.55. The van der Waals surface area contributed by atoms with Gasteiger partial charge >= 0.3 is 12.1 Å². The van der Waals surface area contributed by atoms with Crippen molar-refractivity contribution in [1.82, 2.24) is 10.6 Å². The van der Waals surface area contributed by atoms with Crippen LogP contribution in [0.3, 0.4) is 0 Å². The standard InChI is InChI=1S/C27H34N2O5/c1-5-27(4,25(31)32)16-29-24(30)22(17(2)3)14-28-26(33)34-15-23-20-12-8-6-10-18(20)19-11-7-9-13-21(19)23/h6-13,17,22-23H,5,14-16H2,1-4H3,(H,28,33)(H,29,30)(H,31,32). The lowest BCUT2D eigenvalue weighted by Gasteiger charge is -2.26. The van der Waals surface area contributed by atoms with Crippen LogP contribution < -0.4 is 10.6 Å². The Balaban J connectivity index is 1.56. The Morgan fingerprint density at radius 3 is 2.06 bits per heavy atom. The van der Waals surface area contributed by atoms with E-state index in [0.29, 0.717) is 6.42 Å². The van der Waals surface area contributed by atoms with Gasteiger partial charge in [0.25, 0.3) is 0 Å². The Kier molecular flexibility index (Phi) is 7.97. The second-order valence-corrected chi connectivity index (χ2v) is 9.49. The first kappa shape index (κ1) is 25.3. The van der Waals surface area contributed by atoms with E-state index in [0.717, 1.165) is 22.3 Å². The molecule has 2 aromatic carbocycles. The summed E-state index contributed by atoms with van der Waals surface area (Å²) in [5, 5.41) is 14.9. The third kappa shape index (κ3) is 5.41. The number of carboxylic acids is 1. The van der Waals surface area contributed by atoms with Crippen molar-refractivity contribution in [2.45, 2.75) is 40.0 Å². The van der Waals surface area contributed by atoms with Crippen LogP contribution in [0.4, 0.5) is 4.79 Å². The molecule has 2 unspecified atom stereocenters. The number of carboxylic acid groups (broad SMARTS) is 1. The summed E-state index contributed by atoms with van der Waals surface area (Å²) in [6.07, 6.45) is -0.184. The van der Waals surface area contributed by atoms with Crippen LogP contribution in [-0.4, -0.2) is 42.8 Å². The first-order chi connectivity index (χ1) is 16.2. The van der Waals surface area contributed by atoms with Gasteiger partial charge in [-0.1, -0.05) is 69.3 Å². The maximum Gasteiger partial charge on any atom is 0.407 e. The van der Waals surface area contributed by atoms with Gasteiger partial charge in [0.1, 0.15) is 6.61 Å². The Hall–Kier alpha value is -3.35. The smallest absolute Gasteiger partial charge is 0.407 e. The van der Waals surface area contributed by atoms with Crippen molar-refractivity contribution in [2.75, 3.05) is 19.7 Å². The second kappa shape index (κ2) is 10.7. The van der Waals surface area contributed by atoms with E-state index in [2.05, 4.69) is 34.9 Å². The number of fused-ring (bicyclic) bond motifs is 3. The molecule has 0 saturated carbocycles. The van der Waals surface area contributed by atoms with Crippen molar-refractivity contribution < 1.29 is 24.2 Å². The molecule has 0 heterocycles. The SMILES string of the molecule is CCC(C)(CNC(=O)C(CNC(=O)OCC1c2ccccc2-c2ccccc21)C(C)C)C(=O)O. The molecule has 0 bridgehead atoms. The lowest BCUT2D eigenvalue weighted by atomic mass is 9.87. The Morgan fingerprint density at radius 2 is 1.56 bits per heavy atom. The van der Waals surface area contributed by atoms with Crippen molar-refractivity contribution in [3.05, 3.63) is 59.7 Å². The summed E-state index contributed by atoms with van der Waals surface area (Å²) in [6, 6.07) is 16.2. The fraction of sp³-hybridized carbons (Fsp3) is 0.444. The van der Waals surface area contributed by atoms with Crippen LogP contribution in [0, 0.1) is 17.3 Å². The van der Waals surface area contributed by atoms with E-state index >= 15 is 0 Å². The molecule has 2 aromatic rings. The average molecular weight is 467 g/mol. The van der Waals surface area contributed by atoms with Crippen molar-refractivity contribution in [3.63, 3.8) is 0 Å². The van der Waals surface area contributed by atoms with Gasteiger partial charge in [-0.25, -0.2) is 4.79 Å². The zero-order chi connectivity index (χ0) is 24.9. The number of aliphatic carboxylic acids is 1. The van der Waals surface area contributed by atoms with Crippen LogP contribution in [0.25, 0.3) is 11.1 Å². The lowest BCUT2D eigenvalue weighted by Crippen LogP contribution is -2.46. The van der Waals surface area contributed by atoms with Gasteiger partial charge in [0.15, 0.2) is 0 Å². The topological polar surface area (TPSA) is 105 Å². The zero-order valence-corrected chi connectivity index (χ0v) is 20.3. The fourth-order valence-corrected chi connectivity index (χ4v) is 4.24. The zero-order valence-electron chi connectivity index (χ0n) is 20.3. The molecule has 1 aliphatic rings. The third-order valence-corrected chi connectivity index (χ3v) is 6.90. The van der Waals surface area contributed by atoms with Crippen molar-refractivity contribution in [2.24, 2.45) is 17.3 Å². The quantitative estimate of drug-likeness (QED) is 0.481. The van der Waals surface area contributed by atoms with Gasteiger partial charge in [0.2, 0.25) is 5.91 Å². The molecule has 3 N–H and O–H groups in total. The Bertz CT molecular complexity index is 1010. The van der Waals surface area contributed by atoms with Crippen LogP contribution >= 0.6 is 0 Å². The van der Waals surface area contributed by atoms with Crippen molar-refractivity contribution in [3.8, 4) is 11.1 Å². The van der Waals surface area contributed by atoms with Gasteiger partial charge < -0.3 is 20.5 Å². The number of nitrogens with one attached hydrogen (secondary N) is 2. The van der Waals surface area contributed by atoms with Crippen LogP contribution in [0.5, 0.6) is 0 Å². The summed E-state index contributed by atoms with van der Waals surface area (Å²) in [5.74, 6) is -1.82. The number of alkyl carbamates (subject to hydrolysis) is 1. The van der Waals surface area contributed by atoms with E-state index in [9.17, 15) is 19.5 Å². The molecule has 182 valence electrons. The van der Waals surface area contributed by atoms with Crippen molar-refractivity contribution >= 4 is 18.0 Å². The summed E-state index contributed by atoms with van der Waals surface area (Å²) < 4.78 is 5.55. The molecule has 0 aliphatic heterocycles. The molecule has 0 saturated heterocycles. The largest absolute Gasteiger partial charge is 0.481 e.